The highest BCUT2D eigenvalue weighted by Gasteiger charge is 2.21. The van der Waals surface area contributed by atoms with Crippen LogP contribution in [0.15, 0.2) is 24.3 Å². The summed E-state index contributed by atoms with van der Waals surface area (Å²) in [7, 11) is 3.76. The molecule has 3 heteroatoms. The summed E-state index contributed by atoms with van der Waals surface area (Å²) in [6.45, 7) is 5.07. The van der Waals surface area contributed by atoms with Crippen molar-refractivity contribution < 1.29 is 9.84 Å². The molecule has 19 heavy (non-hydrogen) atoms. The second-order valence-corrected chi connectivity index (χ2v) is 5.10. The first-order valence-corrected chi connectivity index (χ1v) is 7.13. The van der Waals surface area contributed by atoms with E-state index in [1.54, 1.807) is 7.11 Å². The molecule has 1 aromatic carbocycles. The van der Waals surface area contributed by atoms with E-state index in [9.17, 15) is 5.11 Å². The smallest absolute Gasteiger partial charge is 0.119 e. The third kappa shape index (κ3) is 4.84. The summed E-state index contributed by atoms with van der Waals surface area (Å²) in [5, 5.41) is 10.2. The molecule has 0 aliphatic rings. The van der Waals surface area contributed by atoms with Gasteiger partial charge >= 0.3 is 0 Å². The molecular formula is C16H27NO2. The number of hydrogen-bond acceptors (Lipinski definition) is 3. The van der Waals surface area contributed by atoms with Crippen LogP contribution in [-0.2, 0) is 6.54 Å². The zero-order valence-electron chi connectivity index (χ0n) is 12.6. The molecule has 2 atom stereocenters. The molecule has 0 fully saturated rings. The average Bonchev–Trinajstić information content (AvgIpc) is 2.40. The SMILES string of the molecule is CCCC(O)C(CC)N(C)Cc1cccc(OC)c1. The monoisotopic (exact) mass is 265 g/mol. The number of likely N-dealkylation sites (N-methyl/N-ethyl adjacent to an activating group) is 1. The van der Waals surface area contributed by atoms with Crippen molar-refractivity contribution in [3.8, 4) is 5.75 Å². The van der Waals surface area contributed by atoms with Crippen LogP contribution in [0.5, 0.6) is 5.75 Å². The third-order valence-corrected chi connectivity index (χ3v) is 3.58. The van der Waals surface area contributed by atoms with E-state index in [4.69, 9.17) is 4.74 Å². The molecule has 1 rings (SSSR count). The van der Waals surface area contributed by atoms with E-state index in [0.717, 1.165) is 31.6 Å². The Balaban J connectivity index is 2.67. The predicted molar refractivity (Wildman–Crippen MR) is 79.5 cm³/mol. The largest absolute Gasteiger partial charge is 0.497 e. The van der Waals surface area contributed by atoms with Crippen LogP contribution >= 0.6 is 0 Å². The highest BCUT2D eigenvalue weighted by Crippen LogP contribution is 2.18. The van der Waals surface area contributed by atoms with E-state index in [-0.39, 0.29) is 12.1 Å². The molecule has 0 aromatic heterocycles. The summed E-state index contributed by atoms with van der Waals surface area (Å²) < 4.78 is 5.24. The fraction of sp³-hybridized carbons (Fsp3) is 0.625. The maximum absolute atomic E-state index is 10.2. The van der Waals surface area contributed by atoms with Gasteiger partial charge in [-0.1, -0.05) is 32.4 Å². The first-order chi connectivity index (χ1) is 9.12. The molecule has 1 aromatic rings. The predicted octanol–water partition coefficient (Wildman–Crippen LogP) is 3.07. The van der Waals surface area contributed by atoms with Gasteiger partial charge < -0.3 is 9.84 Å². The van der Waals surface area contributed by atoms with Crippen molar-refractivity contribution in [2.75, 3.05) is 14.2 Å². The topological polar surface area (TPSA) is 32.7 Å². The molecule has 2 unspecified atom stereocenters. The maximum Gasteiger partial charge on any atom is 0.119 e. The van der Waals surface area contributed by atoms with Crippen molar-refractivity contribution in [2.45, 2.75) is 51.8 Å². The van der Waals surface area contributed by atoms with Crippen molar-refractivity contribution in [2.24, 2.45) is 0 Å². The Morgan fingerprint density at radius 3 is 2.63 bits per heavy atom. The Bertz CT molecular complexity index is 368. The highest BCUT2D eigenvalue weighted by atomic mass is 16.5. The number of methoxy groups -OCH3 is 1. The standard InChI is InChI=1S/C16H27NO2/c1-5-8-16(18)15(6-2)17(3)12-13-9-7-10-14(11-13)19-4/h7,9-11,15-16,18H,5-6,8,12H2,1-4H3. The molecule has 0 aliphatic heterocycles. The van der Waals surface area contributed by atoms with E-state index in [1.165, 1.54) is 5.56 Å². The van der Waals surface area contributed by atoms with Gasteiger partial charge in [-0.3, -0.25) is 4.90 Å². The summed E-state index contributed by atoms with van der Waals surface area (Å²) in [6.07, 6.45) is 2.60. The van der Waals surface area contributed by atoms with Gasteiger partial charge in [-0.25, -0.2) is 0 Å². The first-order valence-electron chi connectivity index (χ1n) is 7.13. The van der Waals surface area contributed by atoms with Crippen molar-refractivity contribution in [1.82, 2.24) is 4.90 Å². The van der Waals surface area contributed by atoms with Crippen molar-refractivity contribution in [3.63, 3.8) is 0 Å². The number of benzene rings is 1. The number of aliphatic hydroxyl groups excluding tert-OH is 1. The third-order valence-electron chi connectivity index (χ3n) is 3.58. The number of ether oxygens (including phenoxy) is 1. The van der Waals surface area contributed by atoms with Crippen LogP contribution in [-0.4, -0.2) is 36.3 Å². The molecule has 0 bridgehead atoms. The zero-order valence-corrected chi connectivity index (χ0v) is 12.6. The second kappa shape index (κ2) is 8.18. The Kier molecular flexibility index (Phi) is 6.89. The fourth-order valence-electron chi connectivity index (χ4n) is 2.54. The van der Waals surface area contributed by atoms with Gasteiger partial charge in [0, 0.05) is 12.6 Å². The van der Waals surface area contributed by atoms with Crippen LogP contribution < -0.4 is 4.74 Å². The summed E-state index contributed by atoms with van der Waals surface area (Å²) in [5.41, 5.74) is 1.21. The summed E-state index contributed by atoms with van der Waals surface area (Å²) in [5.74, 6) is 0.882. The van der Waals surface area contributed by atoms with Gasteiger partial charge in [-0.2, -0.15) is 0 Å². The van der Waals surface area contributed by atoms with E-state index in [0.29, 0.717) is 0 Å². The zero-order chi connectivity index (χ0) is 14.3. The van der Waals surface area contributed by atoms with Crippen LogP contribution in [0.25, 0.3) is 0 Å². The lowest BCUT2D eigenvalue weighted by atomic mass is 10.0. The number of aliphatic hydroxyl groups is 1. The van der Waals surface area contributed by atoms with Gasteiger partial charge in [-0.05, 0) is 37.6 Å². The molecule has 3 nitrogen and oxygen atoms in total. The van der Waals surface area contributed by atoms with Gasteiger partial charge in [0.2, 0.25) is 0 Å². The van der Waals surface area contributed by atoms with Crippen LogP contribution in [0.1, 0.15) is 38.7 Å². The first kappa shape index (κ1) is 16.0. The van der Waals surface area contributed by atoms with Gasteiger partial charge in [0.1, 0.15) is 5.75 Å². The fourth-order valence-corrected chi connectivity index (χ4v) is 2.54. The summed E-state index contributed by atoms with van der Waals surface area (Å²) in [4.78, 5) is 2.23. The second-order valence-electron chi connectivity index (χ2n) is 5.10. The van der Waals surface area contributed by atoms with Crippen LogP contribution in [0.4, 0.5) is 0 Å². The maximum atomic E-state index is 10.2. The minimum atomic E-state index is -0.245. The van der Waals surface area contributed by atoms with E-state index >= 15 is 0 Å². The molecule has 0 radical (unpaired) electrons. The Hall–Kier alpha value is -1.06. The van der Waals surface area contributed by atoms with Crippen LogP contribution in [0.2, 0.25) is 0 Å². The quantitative estimate of drug-likeness (QED) is 0.784. The van der Waals surface area contributed by atoms with Gasteiger partial charge in [0.25, 0.3) is 0 Å². The lowest BCUT2D eigenvalue weighted by Gasteiger charge is -2.31. The van der Waals surface area contributed by atoms with Crippen molar-refractivity contribution in [3.05, 3.63) is 29.8 Å². The van der Waals surface area contributed by atoms with E-state index < -0.39 is 0 Å². The lowest BCUT2D eigenvalue weighted by molar-refractivity contribution is 0.0505. The molecule has 108 valence electrons. The summed E-state index contributed by atoms with van der Waals surface area (Å²) >= 11 is 0. The van der Waals surface area contributed by atoms with Gasteiger partial charge in [-0.15, -0.1) is 0 Å². The molecule has 0 saturated carbocycles. The minimum absolute atomic E-state index is 0.214. The normalized spacial score (nSPS) is 14.4. The van der Waals surface area contributed by atoms with E-state index in [1.807, 2.05) is 12.1 Å². The minimum Gasteiger partial charge on any atom is -0.497 e. The van der Waals surface area contributed by atoms with Crippen molar-refractivity contribution in [1.29, 1.82) is 0 Å². The van der Waals surface area contributed by atoms with Crippen LogP contribution in [0, 0.1) is 0 Å². The molecule has 0 spiro atoms. The number of rotatable bonds is 8. The van der Waals surface area contributed by atoms with Gasteiger partial charge in [0.05, 0.1) is 13.2 Å². The average molecular weight is 265 g/mol. The molecule has 0 saturated heterocycles. The Labute approximate surface area is 117 Å². The Morgan fingerprint density at radius 2 is 2.05 bits per heavy atom. The van der Waals surface area contributed by atoms with Crippen LogP contribution in [0.3, 0.4) is 0 Å². The van der Waals surface area contributed by atoms with Crippen molar-refractivity contribution >= 4 is 0 Å². The summed E-state index contributed by atoms with van der Waals surface area (Å²) in [6, 6.07) is 8.32. The molecule has 0 amide bonds. The molecule has 0 aliphatic carbocycles. The molecule has 1 N–H and O–H groups in total. The Morgan fingerprint density at radius 1 is 1.32 bits per heavy atom. The molecular weight excluding hydrogens is 238 g/mol. The number of hydrogen-bond donors (Lipinski definition) is 1. The lowest BCUT2D eigenvalue weighted by Crippen LogP contribution is -2.40. The number of nitrogens with zero attached hydrogens (tertiary/aromatic N) is 1. The van der Waals surface area contributed by atoms with Gasteiger partial charge in [0.15, 0.2) is 0 Å². The molecule has 0 heterocycles. The highest BCUT2D eigenvalue weighted by molar-refractivity contribution is 5.28. The van der Waals surface area contributed by atoms with E-state index in [2.05, 4.69) is 37.9 Å².